The van der Waals surface area contributed by atoms with Gasteiger partial charge in [-0.2, -0.15) is 0 Å². The van der Waals surface area contributed by atoms with Crippen molar-refractivity contribution in [2.24, 2.45) is 0 Å². The summed E-state index contributed by atoms with van der Waals surface area (Å²) in [6.45, 7) is 1.43. The number of ether oxygens (including phenoxy) is 1. The Kier molecular flexibility index (Phi) is 6.01. The lowest BCUT2D eigenvalue weighted by molar-refractivity contribution is -0.118. The molecule has 7 heteroatoms. The van der Waals surface area contributed by atoms with Gasteiger partial charge in [-0.1, -0.05) is 23.2 Å². The highest BCUT2D eigenvalue weighted by Crippen LogP contribution is 2.27. The van der Waals surface area contributed by atoms with Gasteiger partial charge in [-0.15, -0.1) is 0 Å². The van der Waals surface area contributed by atoms with Crippen LogP contribution in [-0.4, -0.2) is 36.4 Å². The molecule has 1 saturated heterocycles. The molecule has 26 heavy (non-hydrogen) atoms. The molecule has 1 N–H and O–H groups in total. The van der Waals surface area contributed by atoms with Crippen LogP contribution in [0, 0.1) is 0 Å². The zero-order valence-electron chi connectivity index (χ0n) is 14.0. The predicted molar refractivity (Wildman–Crippen MR) is 102 cm³/mol. The van der Waals surface area contributed by atoms with Crippen molar-refractivity contribution in [1.82, 2.24) is 4.90 Å². The minimum Gasteiger partial charge on any atom is -0.482 e. The average molecular weight is 393 g/mol. The van der Waals surface area contributed by atoms with Crippen LogP contribution in [0.25, 0.3) is 0 Å². The van der Waals surface area contributed by atoms with E-state index in [1.165, 1.54) is 0 Å². The van der Waals surface area contributed by atoms with Gasteiger partial charge in [0.1, 0.15) is 5.75 Å². The summed E-state index contributed by atoms with van der Waals surface area (Å²) < 4.78 is 5.39. The summed E-state index contributed by atoms with van der Waals surface area (Å²) in [4.78, 5) is 26.1. The van der Waals surface area contributed by atoms with Gasteiger partial charge < -0.3 is 15.0 Å². The minimum atomic E-state index is -0.324. The Morgan fingerprint density at radius 1 is 1.04 bits per heavy atom. The second-order valence-electron chi connectivity index (χ2n) is 5.99. The molecule has 1 aliphatic rings. The van der Waals surface area contributed by atoms with E-state index in [0.29, 0.717) is 27.0 Å². The Labute approximate surface area is 161 Å². The monoisotopic (exact) mass is 392 g/mol. The zero-order valence-corrected chi connectivity index (χ0v) is 15.5. The van der Waals surface area contributed by atoms with E-state index in [9.17, 15) is 9.59 Å². The molecule has 1 aliphatic heterocycles. The summed E-state index contributed by atoms with van der Waals surface area (Å²) in [5.41, 5.74) is 1.22. The van der Waals surface area contributed by atoms with Crippen molar-refractivity contribution < 1.29 is 14.3 Å². The Bertz CT molecular complexity index is 803. The smallest absolute Gasteiger partial charge is 0.262 e. The maximum atomic E-state index is 12.3. The topological polar surface area (TPSA) is 58.6 Å². The van der Waals surface area contributed by atoms with E-state index in [1.807, 2.05) is 4.90 Å². The van der Waals surface area contributed by atoms with Crippen molar-refractivity contribution in [3.8, 4) is 5.75 Å². The summed E-state index contributed by atoms with van der Waals surface area (Å²) in [6.07, 6.45) is 2.11. The van der Waals surface area contributed by atoms with Crippen LogP contribution < -0.4 is 10.1 Å². The van der Waals surface area contributed by atoms with Crippen LogP contribution in [0.2, 0.25) is 10.0 Å². The first-order valence-corrected chi connectivity index (χ1v) is 9.05. The number of hydrogen-bond acceptors (Lipinski definition) is 3. The molecular weight excluding hydrogens is 375 g/mol. The number of rotatable bonds is 5. The Balaban J connectivity index is 1.53. The molecule has 136 valence electrons. The summed E-state index contributed by atoms with van der Waals surface area (Å²) in [5, 5.41) is 3.56. The second kappa shape index (κ2) is 8.43. The number of benzene rings is 2. The number of anilines is 1. The van der Waals surface area contributed by atoms with Gasteiger partial charge in [0.05, 0.1) is 5.02 Å². The van der Waals surface area contributed by atoms with Crippen LogP contribution in [0.15, 0.2) is 42.5 Å². The van der Waals surface area contributed by atoms with Crippen LogP contribution in [0.3, 0.4) is 0 Å². The molecule has 0 unspecified atom stereocenters. The molecule has 2 aromatic rings. The van der Waals surface area contributed by atoms with Crippen molar-refractivity contribution in [3.63, 3.8) is 0 Å². The molecule has 0 bridgehead atoms. The lowest BCUT2D eigenvalue weighted by Gasteiger charge is -2.15. The first-order chi connectivity index (χ1) is 12.5. The largest absolute Gasteiger partial charge is 0.482 e. The van der Waals surface area contributed by atoms with E-state index >= 15 is 0 Å². The number of amides is 2. The highest BCUT2D eigenvalue weighted by Gasteiger charge is 2.19. The maximum Gasteiger partial charge on any atom is 0.262 e. The van der Waals surface area contributed by atoms with Crippen molar-refractivity contribution in [3.05, 3.63) is 58.1 Å². The Morgan fingerprint density at radius 3 is 2.38 bits per heavy atom. The summed E-state index contributed by atoms with van der Waals surface area (Å²) in [5.74, 6) is 0.0912. The van der Waals surface area contributed by atoms with Crippen molar-refractivity contribution >= 4 is 40.7 Å². The van der Waals surface area contributed by atoms with Gasteiger partial charge in [-0.05, 0) is 55.3 Å². The SMILES string of the molecule is O=C(COc1ccc(Cl)cc1Cl)Nc1ccc(C(=O)N2CCCC2)cc1. The van der Waals surface area contributed by atoms with Crippen LogP contribution in [-0.2, 0) is 4.79 Å². The van der Waals surface area contributed by atoms with Crippen LogP contribution in [0.5, 0.6) is 5.75 Å². The molecule has 0 atom stereocenters. The third kappa shape index (κ3) is 4.68. The third-order valence-corrected chi connectivity index (χ3v) is 4.59. The van der Waals surface area contributed by atoms with Crippen molar-refractivity contribution in [1.29, 1.82) is 0 Å². The van der Waals surface area contributed by atoms with E-state index in [1.54, 1.807) is 42.5 Å². The molecular formula is C19H18Cl2N2O3. The second-order valence-corrected chi connectivity index (χ2v) is 6.83. The fourth-order valence-corrected chi connectivity index (χ4v) is 3.19. The maximum absolute atomic E-state index is 12.3. The average Bonchev–Trinajstić information content (AvgIpc) is 3.16. The van der Waals surface area contributed by atoms with E-state index in [4.69, 9.17) is 27.9 Å². The van der Waals surface area contributed by atoms with Gasteiger partial charge in [-0.25, -0.2) is 0 Å². The molecule has 0 radical (unpaired) electrons. The number of halogens is 2. The molecule has 0 aliphatic carbocycles. The quantitative estimate of drug-likeness (QED) is 0.827. The molecule has 2 amide bonds. The number of hydrogen-bond donors (Lipinski definition) is 1. The molecule has 0 saturated carbocycles. The van der Waals surface area contributed by atoms with Crippen LogP contribution in [0.1, 0.15) is 23.2 Å². The summed E-state index contributed by atoms with van der Waals surface area (Å²) in [7, 11) is 0. The molecule has 1 fully saturated rings. The highest BCUT2D eigenvalue weighted by molar-refractivity contribution is 6.35. The van der Waals surface area contributed by atoms with Crippen LogP contribution in [0.4, 0.5) is 5.69 Å². The lowest BCUT2D eigenvalue weighted by Crippen LogP contribution is -2.27. The van der Waals surface area contributed by atoms with Crippen LogP contribution >= 0.6 is 23.2 Å². The highest BCUT2D eigenvalue weighted by atomic mass is 35.5. The standard InChI is InChI=1S/C19H18Cl2N2O3/c20-14-5-8-17(16(21)11-14)26-12-18(24)22-15-6-3-13(4-7-15)19(25)23-9-1-2-10-23/h3-8,11H,1-2,9-10,12H2,(H,22,24). The van der Waals surface area contributed by atoms with Crippen molar-refractivity contribution in [2.75, 3.05) is 25.0 Å². The normalized spacial score (nSPS) is 13.5. The Morgan fingerprint density at radius 2 is 1.73 bits per heavy atom. The summed E-state index contributed by atoms with van der Waals surface area (Å²) in [6, 6.07) is 11.6. The predicted octanol–water partition coefficient (Wildman–Crippen LogP) is 4.25. The molecule has 0 spiro atoms. The third-order valence-electron chi connectivity index (χ3n) is 4.06. The number of nitrogens with zero attached hydrogens (tertiary/aromatic N) is 1. The zero-order chi connectivity index (χ0) is 18.5. The molecule has 1 heterocycles. The summed E-state index contributed by atoms with van der Waals surface area (Å²) >= 11 is 11.8. The molecule has 2 aromatic carbocycles. The van der Waals surface area contributed by atoms with E-state index in [2.05, 4.69) is 5.32 Å². The minimum absolute atomic E-state index is 0.0288. The van der Waals surface area contributed by atoms with Crippen molar-refractivity contribution in [2.45, 2.75) is 12.8 Å². The number of nitrogens with one attached hydrogen (secondary N) is 1. The van der Waals surface area contributed by atoms with Gasteiger partial charge in [-0.3, -0.25) is 9.59 Å². The van der Waals surface area contributed by atoms with Gasteiger partial charge in [0.2, 0.25) is 0 Å². The van der Waals surface area contributed by atoms with Gasteiger partial charge >= 0.3 is 0 Å². The Hall–Kier alpha value is -2.24. The fourth-order valence-electron chi connectivity index (χ4n) is 2.73. The molecule has 3 rings (SSSR count). The van der Waals surface area contributed by atoms with E-state index in [0.717, 1.165) is 25.9 Å². The lowest BCUT2D eigenvalue weighted by atomic mass is 10.2. The number of likely N-dealkylation sites (tertiary alicyclic amines) is 1. The fraction of sp³-hybridized carbons (Fsp3) is 0.263. The first-order valence-electron chi connectivity index (χ1n) is 8.30. The van der Waals surface area contributed by atoms with Gasteiger partial charge in [0, 0.05) is 29.4 Å². The molecule has 0 aromatic heterocycles. The molecule has 5 nitrogen and oxygen atoms in total. The van der Waals surface area contributed by atoms with Gasteiger partial charge in [0.15, 0.2) is 6.61 Å². The van der Waals surface area contributed by atoms with Gasteiger partial charge in [0.25, 0.3) is 11.8 Å². The van der Waals surface area contributed by atoms with E-state index in [-0.39, 0.29) is 18.4 Å². The number of carbonyl (C=O) groups excluding carboxylic acids is 2. The first kappa shape index (κ1) is 18.5. The number of carbonyl (C=O) groups is 2. The van der Waals surface area contributed by atoms with E-state index < -0.39 is 0 Å².